The first-order valence-electron chi connectivity index (χ1n) is 12.3. The number of ether oxygens (including phenoxy) is 2. The van der Waals surface area contributed by atoms with Crippen molar-refractivity contribution >= 4 is 23.6 Å². The van der Waals surface area contributed by atoms with Crippen LogP contribution in [-0.2, 0) is 16.1 Å². The van der Waals surface area contributed by atoms with Crippen LogP contribution in [0, 0.1) is 0 Å². The lowest BCUT2D eigenvalue weighted by Gasteiger charge is -2.26. The summed E-state index contributed by atoms with van der Waals surface area (Å²) >= 11 is 0. The highest BCUT2D eigenvalue weighted by atomic mass is 16.6. The van der Waals surface area contributed by atoms with E-state index in [1.807, 2.05) is 44.2 Å². The zero-order chi connectivity index (χ0) is 26.4. The van der Waals surface area contributed by atoms with Crippen LogP contribution in [0.15, 0.2) is 78.9 Å². The molecule has 8 heteroatoms. The lowest BCUT2D eigenvalue weighted by atomic mass is 9.99. The van der Waals surface area contributed by atoms with Crippen LogP contribution in [0.4, 0.5) is 10.5 Å². The minimum absolute atomic E-state index is 0.0593. The third kappa shape index (κ3) is 6.09. The number of hydrogen-bond acceptors (Lipinski definition) is 5. The summed E-state index contributed by atoms with van der Waals surface area (Å²) < 4.78 is 11.0. The lowest BCUT2D eigenvalue weighted by molar-refractivity contribution is -0.127. The van der Waals surface area contributed by atoms with Crippen molar-refractivity contribution in [1.82, 2.24) is 10.2 Å². The summed E-state index contributed by atoms with van der Waals surface area (Å²) in [5, 5.41) is 5.86. The Morgan fingerprint density at radius 3 is 2.51 bits per heavy atom. The second kappa shape index (κ2) is 11.6. The number of rotatable bonds is 9. The van der Waals surface area contributed by atoms with Gasteiger partial charge in [0.05, 0.1) is 13.7 Å². The standard InChI is InChI=1S/C29H31N3O5/c1-4-19(2)30-28(34)25-26(37-29(35)32(25)18-20-10-6-5-7-11-20)21-12-8-14-23(16-21)31-27(33)22-13-9-15-24(17-22)36-3/h5-17,19,25-26H,4,18H2,1-3H3,(H,30,34)(H,31,33). The van der Waals surface area contributed by atoms with Gasteiger partial charge in [-0.15, -0.1) is 0 Å². The molecule has 1 heterocycles. The van der Waals surface area contributed by atoms with E-state index >= 15 is 0 Å². The summed E-state index contributed by atoms with van der Waals surface area (Å²) in [6.45, 7) is 4.14. The fraction of sp³-hybridized carbons (Fsp3) is 0.276. The fourth-order valence-corrected chi connectivity index (χ4v) is 4.18. The molecular weight excluding hydrogens is 470 g/mol. The molecule has 0 bridgehead atoms. The van der Waals surface area contributed by atoms with Gasteiger partial charge in [-0.2, -0.15) is 0 Å². The second-order valence-corrected chi connectivity index (χ2v) is 8.99. The number of nitrogens with one attached hydrogen (secondary N) is 2. The minimum atomic E-state index is -0.869. The predicted octanol–water partition coefficient (Wildman–Crippen LogP) is 4.92. The number of carbonyl (C=O) groups is 3. The lowest BCUT2D eigenvalue weighted by Crippen LogP contribution is -2.48. The highest BCUT2D eigenvalue weighted by Crippen LogP contribution is 2.35. The number of methoxy groups -OCH3 is 1. The summed E-state index contributed by atoms with van der Waals surface area (Å²) in [5.74, 6) is -0.0175. The Morgan fingerprint density at radius 2 is 1.78 bits per heavy atom. The van der Waals surface area contributed by atoms with E-state index in [0.717, 1.165) is 12.0 Å². The van der Waals surface area contributed by atoms with Crippen LogP contribution < -0.4 is 15.4 Å². The van der Waals surface area contributed by atoms with Crippen LogP contribution in [0.1, 0.15) is 47.9 Å². The van der Waals surface area contributed by atoms with E-state index in [0.29, 0.717) is 22.6 Å². The average molecular weight is 502 g/mol. The Morgan fingerprint density at radius 1 is 1.03 bits per heavy atom. The molecule has 0 radical (unpaired) electrons. The number of cyclic esters (lactones) is 1. The molecule has 192 valence electrons. The van der Waals surface area contributed by atoms with Crippen LogP contribution in [0.3, 0.4) is 0 Å². The van der Waals surface area contributed by atoms with Gasteiger partial charge in [-0.25, -0.2) is 4.79 Å². The summed E-state index contributed by atoms with van der Waals surface area (Å²) in [5.41, 5.74) is 2.46. The number of hydrogen-bond donors (Lipinski definition) is 2. The van der Waals surface area contributed by atoms with E-state index < -0.39 is 18.2 Å². The van der Waals surface area contributed by atoms with Crippen molar-refractivity contribution < 1.29 is 23.9 Å². The minimum Gasteiger partial charge on any atom is -0.497 e. The van der Waals surface area contributed by atoms with Crippen molar-refractivity contribution in [3.05, 3.63) is 95.6 Å². The smallest absolute Gasteiger partial charge is 0.411 e. The molecule has 4 rings (SSSR count). The number of amides is 3. The second-order valence-electron chi connectivity index (χ2n) is 8.99. The van der Waals surface area contributed by atoms with Gasteiger partial charge in [0.25, 0.3) is 5.91 Å². The van der Waals surface area contributed by atoms with E-state index in [1.165, 1.54) is 12.0 Å². The molecule has 3 aromatic carbocycles. The van der Waals surface area contributed by atoms with Crippen LogP contribution in [0.2, 0.25) is 0 Å². The molecular formula is C29H31N3O5. The van der Waals surface area contributed by atoms with E-state index in [2.05, 4.69) is 10.6 Å². The number of anilines is 1. The zero-order valence-corrected chi connectivity index (χ0v) is 21.1. The van der Waals surface area contributed by atoms with Gasteiger partial charge in [0.2, 0.25) is 5.91 Å². The van der Waals surface area contributed by atoms with Gasteiger partial charge in [-0.1, -0.05) is 55.5 Å². The molecule has 2 N–H and O–H groups in total. The molecule has 1 saturated heterocycles. The molecule has 0 saturated carbocycles. The molecule has 3 amide bonds. The van der Waals surface area contributed by atoms with Gasteiger partial charge in [0.1, 0.15) is 5.75 Å². The average Bonchev–Trinajstić information content (AvgIpc) is 3.25. The van der Waals surface area contributed by atoms with Gasteiger partial charge < -0.3 is 20.1 Å². The molecule has 37 heavy (non-hydrogen) atoms. The number of carbonyl (C=O) groups excluding carboxylic acids is 3. The van der Waals surface area contributed by atoms with E-state index in [9.17, 15) is 14.4 Å². The molecule has 1 aliphatic heterocycles. The van der Waals surface area contributed by atoms with Crippen LogP contribution in [0.5, 0.6) is 5.75 Å². The van der Waals surface area contributed by atoms with Gasteiger partial charge in [0, 0.05) is 17.3 Å². The highest BCUT2D eigenvalue weighted by Gasteiger charge is 2.47. The Hall–Kier alpha value is -4.33. The largest absolute Gasteiger partial charge is 0.497 e. The van der Waals surface area contributed by atoms with Crippen LogP contribution >= 0.6 is 0 Å². The Kier molecular flexibility index (Phi) is 8.08. The molecule has 0 aromatic heterocycles. The van der Waals surface area contributed by atoms with Gasteiger partial charge in [0.15, 0.2) is 12.1 Å². The third-order valence-electron chi connectivity index (χ3n) is 6.36. The maximum absolute atomic E-state index is 13.4. The molecule has 3 unspecified atom stereocenters. The predicted molar refractivity (Wildman–Crippen MR) is 140 cm³/mol. The topological polar surface area (TPSA) is 97.0 Å². The fourth-order valence-electron chi connectivity index (χ4n) is 4.18. The van der Waals surface area contributed by atoms with Crippen molar-refractivity contribution in [1.29, 1.82) is 0 Å². The van der Waals surface area contributed by atoms with Crippen molar-refractivity contribution in [3.8, 4) is 5.75 Å². The van der Waals surface area contributed by atoms with E-state index in [1.54, 1.807) is 48.5 Å². The van der Waals surface area contributed by atoms with Gasteiger partial charge >= 0.3 is 6.09 Å². The van der Waals surface area contributed by atoms with Gasteiger partial charge in [-0.3, -0.25) is 14.5 Å². The first-order chi connectivity index (χ1) is 17.9. The first-order valence-corrected chi connectivity index (χ1v) is 12.3. The number of benzene rings is 3. The maximum Gasteiger partial charge on any atom is 0.411 e. The summed E-state index contributed by atoms with van der Waals surface area (Å²) in [7, 11) is 1.54. The Labute approximate surface area is 216 Å². The molecule has 3 atom stereocenters. The molecule has 1 fully saturated rings. The summed E-state index contributed by atoms with van der Waals surface area (Å²) in [6, 6.07) is 22.4. The monoisotopic (exact) mass is 501 g/mol. The quantitative estimate of drug-likeness (QED) is 0.434. The summed E-state index contributed by atoms with van der Waals surface area (Å²) in [4.78, 5) is 40.7. The van der Waals surface area contributed by atoms with Crippen molar-refractivity contribution in [2.45, 2.75) is 45.0 Å². The SMILES string of the molecule is CCC(C)NC(=O)C1C(c2cccc(NC(=O)c3cccc(OC)c3)c2)OC(=O)N1Cc1ccccc1. The summed E-state index contributed by atoms with van der Waals surface area (Å²) in [6.07, 6.45) is -0.652. The molecule has 8 nitrogen and oxygen atoms in total. The maximum atomic E-state index is 13.4. The third-order valence-corrected chi connectivity index (χ3v) is 6.36. The molecule has 0 aliphatic carbocycles. The Balaban J connectivity index is 1.60. The van der Waals surface area contributed by atoms with Crippen LogP contribution in [0.25, 0.3) is 0 Å². The van der Waals surface area contributed by atoms with Crippen LogP contribution in [-0.4, -0.2) is 42.0 Å². The molecule has 0 spiro atoms. The highest BCUT2D eigenvalue weighted by molar-refractivity contribution is 6.04. The van der Waals surface area contributed by atoms with Crippen molar-refractivity contribution in [3.63, 3.8) is 0 Å². The molecule has 1 aliphatic rings. The zero-order valence-electron chi connectivity index (χ0n) is 21.1. The van der Waals surface area contributed by atoms with Gasteiger partial charge in [-0.05, 0) is 54.8 Å². The van der Waals surface area contributed by atoms with E-state index in [4.69, 9.17) is 9.47 Å². The first kappa shape index (κ1) is 25.8. The Bertz CT molecular complexity index is 1260. The van der Waals surface area contributed by atoms with E-state index in [-0.39, 0.29) is 24.4 Å². The number of nitrogens with zero attached hydrogens (tertiary/aromatic N) is 1. The van der Waals surface area contributed by atoms with Crippen molar-refractivity contribution in [2.75, 3.05) is 12.4 Å². The van der Waals surface area contributed by atoms with Crippen molar-refractivity contribution in [2.24, 2.45) is 0 Å². The normalized spacial score (nSPS) is 17.6. The molecule has 3 aromatic rings.